The monoisotopic (exact) mass is 379 g/mol. The molecule has 3 rings (SSSR count). The first-order valence-electron chi connectivity index (χ1n) is 8.83. The van der Waals surface area contributed by atoms with Crippen molar-refractivity contribution < 1.29 is 19.4 Å². The molecule has 3 aromatic rings. The third kappa shape index (κ3) is 3.73. The lowest BCUT2D eigenvalue weighted by Crippen LogP contribution is -2.17. The molecule has 144 valence electrons. The molecule has 0 radical (unpaired) electrons. The molecule has 2 aromatic carbocycles. The van der Waals surface area contributed by atoms with E-state index in [1.807, 2.05) is 24.3 Å². The number of aryl methyl sites for hydroxylation is 1. The van der Waals surface area contributed by atoms with Gasteiger partial charge in [0.2, 0.25) is 0 Å². The van der Waals surface area contributed by atoms with Crippen molar-refractivity contribution in [2.45, 2.75) is 20.8 Å². The maximum Gasteiger partial charge on any atom is 0.340 e. The molecule has 1 aromatic heterocycles. The zero-order valence-electron chi connectivity index (χ0n) is 15.9. The van der Waals surface area contributed by atoms with Gasteiger partial charge in [0.15, 0.2) is 0 Å². The number of aromatic amines is 1. The van der Waals surface area contributed by atoms with E-state index >= 15 is 0 Å². The fraction of sp³-hybridized carbons (Fsp3) is 0.190. The Labute approximate surface area is 162 Å². The quantitative estimate of drug-likeness (QED) is 0.359. The molecule has 3 N–H and O–H groups in total. The second-order valence-corrected chi connectivity index (χ2v) is 6.30. The first-order chi connectivity index (χ1) is 13.4. The van der Waals surface area contributed by atoms with Crippen LogP contribution in [0.25, 0.3) is 10.8 Å². The van der Waals surface area contributed by atoms with Crippen LogP contribution < -0.4 is 5.43 Å². The lowest BCUT2D eigenvalue weighted by molar-refractivity contribution is 0.0524. The largest absolute Gasteiger partial charge is 0.507 e. The van der Waals surface area contributed by atoms with E-state index in [-0.39, 0.29) is 17.9 Å². The van der Waals surface area contributed by atoms with Crippen molar-refractivity contribution in [3.8, 4) is 5.75 Å². The highest BCUT2D eigenvalue weighted by Crippen LogP contribution is 2.25. The SMILES string of the molecule is CCOC(=O)c1c(C)[nH]c(/C=N/NC(=O)c2cc3ccccc3cc2O)c1C. The Bertz CT molecular complexity index is 1080. The summed E-state index contributed by atoms with van der Waals surface area (Å²) in [5.41, 5.74) is 4.92. The molecule has 0 bridgehead atoms. The molecule has 0 aliphatic carbocycles. The Balaban J connectivity index is 1.78. The second kappa shape index (κ2) is 7.96. The number of hydrazone groups is 1. The summed E-state index contributed by atoms with van der Waals surface area (Å²) in [5, 5.41) is 15.7. The van der Waals surface area contributed by atoms with E-state index in [2.05, 4.69) is 15.5 Å². The average molecular weight is 379 g/mol. The number of esters is 1. The van der Waals surface area contributed by atoms with Crippen molar-refractivity contribution in [2.75, 3.05) is 6.61 Å². The molecule has 7 heteroatoms. The van der Waals surface area contributed by atoms with Gasteiger partial charge < -0.3 is 14.8 Å². The van der Waals surface area contributed by atoms with Crippen LogP contribution in [0.2, 0.25) is 0 Å². The van der Waals surface area contributed by atoms with Crippen LogP contribution in [0.5, 0.6) is 5.75 Å². The molecule has 0 aliphatic heterocycles. The molecule has 28 heavy (non-hydrogen) atoms. The molecular formula is C21H21N3O4. The van der Waals surface area contributed by atoms with Crippen LogP contribution in [0.4, 0.5) is 0 Å². The number of nitrogens with one attached hydrogen (secondary N) is 2. The van der Waals surface area contributed by atoms with Crippen molar-refractivity contribution in [3.05, 3.63) is 64.5 Å². The minimum absolute atomic E-state index is 0.122. The fourth-order valence-electron chi connectivity index (χ4n) is 3.04. The van der Waals surface area contributed by atoms with Crippen LogP contribution in [-0.4, -0.2) is 34.8 Å². The number of phenolic OH excluding ortho intramolecular Hbond substituents is 1. The van der Waals surface area contributed by atoms with Gasteiger partial charge in [-0.05, 0) is 49.2 Å². The summed E-state index contributed by atoms with van der Waals surface area (Å²) in [6.07, 6.45) is 1.42. The van der Waals surface area contributed by atoms with Gasteiger partial charge in [0.1, 0.15) is 5.75 Å². The summed E-state index contributed by atoms with van der Waals surface area (Å²) in [6, 6.07) is 10.6. The fourth-order valence-corrected chi connectivity index (χ4v) is 3.04. The summed E-state index contributed by atoms with van der Waals surface area (Å²) >= 11 is 0. The van der Waals surface area contributed by atoms with Gasteiger partial charge in [0.25, 0.3) is 5.91 Å². The van der Waals surface area contributed by atoms with Crippen molar-refractivity contribution >= 4 is 28.9 Å². The number of fused-ring (bicyclic) bond motifs is 1. The number of aromatic nitrogens is 1. The Hall–Kier alpha value is -3.61. The van der Waals surface area contributed by atoms with Gasteiger partial charge in [-0.3, -0.25) is 4.79 Å². The summed E-state index contributed by atoms with van der Waals surface area (Å²) in [5.74, 6) is -1.06. The Morgan fingerprint density at radius 2 is 1.89 bits per heavy atom. The summed E-state index contributed by atoms with van der Waals surface area (Å²) in [7, 11) is 0. The number of amides is 1. The van der Waals surface area contributed by atoms with Gasteiger partial charge in [-0.15, -0.1) is 0 Å². The topological polar surface area (TPSA) is 104 Å². The number of carbonyl (C=O) groups excluding carboxylic acids is 2. The molecular weight excluding hydrogens is 358 g/mol. The van der Waals surface area contributed by atoms with E-state index in [0.29, 0.717) is 22.5 Å². The van der Waals surface area contributed by atoms with Crippen LogP contribution >= 0.6 is 0 Å². The zero-order valence-corrected chi connectivity index (χ0v) is 15.9. The van der Waals surface area contributed by atoms with Crippen molar-refractivity contribution in [1.82, 2.24) is 10.4 Å². The van der Waals surface area contributed by atoms with E-state index < -0.39 is 11.9 Å². The first-order valence-corrected chi connectivity index (χ1v) is 8.83. The third-order valence-corrected chi connectivity index (χ3v) is 4.42. The van der Waals surface area contributed by atoms with E-state index in [9.17, 15) is 14.7 Å². The molecule has 0 aliphatic rings. The molecule has 0 fully saturated rings. The number of nitrogens with zero attached hydrogens (tertiary/aromatic N) is 1. The van der Waals surface area contributed by atoms with Gasteiger partial charge in [0, 0.05) is 5.69 Å². The Morgan fingerprint density at radius 1 is 1.21 bits per heavy atom. The smallest absolute Gasteiger partial charge is 0.340 e. The van der Waals surface area contributed by atoms with Crippen molar-refractivity contribution in [3.63, 3.8) is 0 Å². The van der Waals surface area contributed by atoms with E-state index in [0.717, 1.165) is 10.8 Å². The number of rotatable bonds is 5. The lowest BCUT2D eigenvalue weighted by atomic mass is 10.1. The first kappa shape index (κ1) is 19.2. The van der Waals surface area contributed by atoms with E-state index in [4.69, 9.17) is 4.74 Å². The van der Waals surface area contributed by atoms with E-state index in [1.54, 1.807) is 26.8 Å². The molecule has 1 heterocycles. The predicted octanol–water partition coefficient (Wildman–Crippen LogP) is 3.43. The third-order valence-electron chi connectivity index (χ3n) is 4.42. The van der Waals surface area contributed by atoms with E-state index in [1.165, 1.54) is 12.3 Å². The van der Waals surface area contributed by atoms with Gasteiger partial charge in [-0.2, -0.15) is 5.10 Å². The number of benzene rings is 2. The van der Waals surface area contributed by atoms with Gasteiger partial charge in [-0.25, -0.2) is 10.2 Å². The number of hydrogen-bond donors (Lipinski definition) is 3. The second-order valence-electron chi connectivity index (χ2n) is 6.30. The minimum Gasteiger partial charge on any atom is -0.507 e. The van der Waals surface area contributed by atoms with Crippen LogP contribution in [0.3, 0.4) is 0 Å². The van der Waals surface area contributed by atoms with Crippen LogP contribution in [0.15, 0.2) is 41.5 Å². The van der Waals surface area contributed by atoms with Crippen LogP contribution in [0, 0.1) is 13.8 Å². The summed E-state index contributed by atoms with van der Waals surface area (Å²) in [6.45, 7) is 5.57. The molecule has 0 atom stereocenters. The molecule has 7 nitrogen and oxygen atoms in total. The van der Waals surface area contributed by atoms with Gasteiger partial charge in [-0.1, -0.05) is 24.3 Å². The Morgan fingerprint density at radius 3 is 2.57 bits per heavy atom. The van der Waals surface area contributed by atoms with Gasteiger partial charge in [0.05, 0.1) is 29.6 Å². The molecule has 0 spiro atoms. The number of hydrogen-bond acceptors (Lipinski definition) is 5. The molecule has 1 amide bonds. The number of ether oxygens (including phenoxy) is 1. The molecule has 0 unspecified atom stereocenters. The standard InChI is InChI=1S/C21H21N3O4/c1-4-28-21(27)19-12(2)17(23-13(19)3)11-22-24-20(26)16-9-14-7-5-6-8-15(14)10-18(16)25/h5-11,23,25H,4H2,1-3H3,(H,24,26)/b22-11+. The highest BCUT2D eigenvalue weighted by molar-refractivity contribution is 6.02. The van der Waals surface area contributed by atoms with Crippen molar-refractivity contribution in [1.29, 1.82) is 0 Å². The number of phenols is 1. The Kier molecular flexibility index (Phi) is 5.44. The molecule has 0 saturated carbocycles. The van der Waals surface area contributed by atoms with Gasteiger partial charge >= 0.3 is 5.97 Å². The zero-order chi connectivity index (χ0) is 20.3. The van der Waals surface area contributed by atoms with Crippen LogP contribution in [-0.2, 0) is 4.74 Å². The average Bonchev–Trinajstić information content (AvgIpc) is 2.94. The lowest BCUT2D eigenvalue weighted by Gasteiger charge is -2.05. The summed E-state index contributed by atoms with van der Waals surface area (Å²) in [4.78, 5) is 27.5. The maximum atomic E-state index is 12.4. The normalized spacial score (nSPS) is 11.1. The number of H-pyrrole nitrogens is 1. The maximum absolute atomic E-state index is 12.4. The molecule has 0 saturated heterocycles. The number of aromatic hydroxyl groups is 1. The van der Waals surface area contributed by atoms with Crippen LogP contribution in [0.1, 0.15) is 44.6 Å². The highest BCUT2D eigenvalue weighted by Gasteiger charge is 2.18. The predicted molar refractivity (Wildman–Crippen MR) is 107 cm³/mol. The minimum atomic E-state index is -0.536. The number of carbonyl (C=O) groups is 2. The summed E-state index contributed by atoms with van der Waals surface area (Å²) < 4.78 is 5.05. The highest BCUT2D eigenvalue weighted by atomic mass is 16.5. The van der Waals surface area contributed by atoms with Crippen molar-refractivity contribution in [2.24, 2.45) is 5.10 Å².